The quantitative estimate of drug-likeness (QED) is 0.581. The summed E-state index contributed by atoms with van der Waals surface area (Å²) in [5.41, 5.74) is 5.28. The molecule has 0 aromatic carbocycles. The fourth-order valence-corrected chi connectivity index (χ4v) is 2.17. The number of carbonyl (C=O) groups excluding carboxylic acids is 1. The van der Waals surface area contributed by atoms with Gasteiger partial charge in [0.1, 0.15) is 0 Å². The van der Waals surface area contributed by atoms with E-state index in [4.69, 9.17) is 10.5 Å². The molecule has 5 nitrogen and oxygen atoms in total. The van der Waals surface area contributed by atoms with Crippen molar-refractivity contribution in [2.45, 2.75) is 25.3 Å². The standard InChI is InChI=1S/C11H23N3O2/c1-16-8-2-7-14(9-11(12)15)10-3-5-13-6-4-10/h10,13H,2-9H2,1H3,(H2,12,15). The van der Waals surface area contributed by atoms with Crippen molar-refractivity contribution < 1.29 is 9.53 Å². The highest BCUT2D eigenvalue weighted by Gasteiger charge is 2.21. The normalized spacial score (nSPS) is 17.9. The van der Waals surface area contributed by atoms with Crippen molar-refractivity contribution in [2.24, 2.45) is 5.73 Å². The number of piperidine rings is 1. The van der Waals surface area contributed by atoms with Gasteiger partial charge in [0, 0.05) is 26.3 Å². The SMILES string of the molecule is COCCCN(CC(N)=O)C1CCNCC1. The zero-order valence-electron chi connectivity index (χ0n) is 10.1. The number of nitrogens with zero attached hydrogens (tertiary/aromatic N) is 1. The fourth-order valence-electron chi connectivity index (χ4n) is 2.17. The lowest BCUT2D eigenvalue weighted by Gasteiger charge is -2.33. The number of methoxy groups -OCH3 is 1. The highest BCUT2D eigenvalue weighted by molar-refractivity contribution is 5.75. The number of hydrogen-bond acceptors (Lipinski definition) is 4. The largest absolute Gasteiger partial charge is 0.385 e. The van der Waals surface area contributed by atoms with Gasteiger partial charge in [0.2, 0.25) is 5.91 Å². The highest BCUT2D eigenvalue weighted by atomic mass is 16.5. The van der Waals surface area contributed by atoms with Gasteiger partial charge in [0.05, 0.1) is 6.54 Å². The van der Waals surface area contributed by atoms with Crippen LogP contribution in [-0.4, -0.2) is 56.7 Å². The number of nitrogens with two attached hydrogens (primary N) is 1. The van der Waals surface area contributed by atoms with E-state index in [9.17, 15) is 4.79 Å². The Morgan fingerprint density at radius 2 is 2.19 bits per heavy atom. The molecule has 1 aliphatic heterocycles. The second-order valence-electron chi connectivity index (χ2n) is 4.26. The average Bonchev–Trinajstić information content (AvgIpc) is 2.29. The molecule has 1 amide bonds. The Bertz CT molecular complexity index is 205. The third kappa shape index (κ3) is 4.92. The van der Waals surface area contributed by atoms with Crippen molar-refractivity contribution >= 4 is 5.91 Å². The lowest BCUT2D eigenvalue weighted by Crippen LogP contribution is -2.47. The molecule has 0 aromatic heterocycles. The van der Waals surface area contributed by atoms with Crippen LogP contribution in [0.2, 0.25) is 0 Å². The van der Waals surface area contributed by atoms with Crippen LogP contribution in [-0.2, 0) is 9.53 Å². The molecule has 0 bridgehead atoms. The van der Waals surface area contributed by atoms with E-state index >= 15 is 0 Å². The summed E-state index contributed by atoms with van der Waals surface area (Å²) in [6.45, 7) is 4.06. The summed E-state index contributed by atoms with van der Waals surface area (Å²) in [5.74, 6) is -0.240. The molecule has 0 spiro atoms. The molecule has 5 heteroatoms. The zero-order chi connectivity index (χ0) is 11.8. The summed E-state index contributed by atoms with van der Waals surface area (Å²) in [6, 6.07) is 0.491. The number of ether oxygens (including phenoxy) is 1. The van der Waals surface area contributed by atoms with Crippen LogP contribution >= 0.6 is 0 Å². The van der Waals surface area contributed by atoms with E-state index in [0.29, 0.717) is 12.6 Å². The summed E-state index contributed by atoms with van der Waals surface area (Å²) in [6.07, 6.45) is 3.15. The molecular formula is C11H23N3O2. The average molecular weight is 229 g/mol. The van der Waals surface area contributed by atoms with Crippen LogP contribution < -0.4 is 11.1 Å². The monoisotopic (exact) mass is 229 g/mol. The van der Waals surface area contributed by atoms with Gasteiger partial charge in [-0.2, -0.15) is 0 Å². The van der Waals surface area contributed by atoms with Crippen molar-refractivity contribution in [1.82, 2.24) is 10.2 Å². The molecule has 3 N–H and O–H groups in total. The van der Waals surface area contributed by atoms with Gasteiger partial charge in [-0.1, -0.05) is 0 Å². The van der Waals surface area contributed by atoms with Crippen LogP contribution in [0.1, 0.15) is 19.3 Å². The zero-order valence-corrected chi connectivity index (χ0v) is 10.1. The molecule has 1 rings (SSSR count). The van der Waals surface area contributed by atoms with Crippen LogP contribution in [0.25, 0.3) is 0 Å². The number of nitrogens with one attached hydrogen (secondary N) is 1. The maximum absolute atomic E-state index is 11.0. The smallest absolute Gasteiger partial charge is 0.231 e. The van der Waals surface area contributed by atoms with Crippen LogP contribution in [0.15, 0.2) is 0 Å². The van der Waals surface area contributed by atoms with Gasteiger partial charge in [-0.05, 0) is 32.4 Å². The minimum absolute atomic E-state index is 0.240. The third-order valence-electron chi connectivity index (χ3n) is 2.98. The van der Waals surface area contributed by atoms with Gasteiger partial charge < -0.3 is 15.8 Å². The number of carbonyl (C=O) groups is 1. The van der Waals surface area contributed by atoms with Crippen molar-refractivity contribution in [1.29, 1.82) is 0 Å². The molecule has 0 radical (unpaired) electrons. The molecule has 1 fully saturated rings. The highest BCUT2D eigenvalue weighted by Crippen LogP contribution is 2.11. The Hall–Kier alpha value is -0.650. The predicted octanol–water partition coefficient (Wildman–Crippen LogP) is -0.438. The summed E-state index contributed by atoms with van der Waals surface area (Å²) in [5, 5.41) is 3.32. The van der Waals surface area contributed by atoms with Gasteiger partial charge in [-0.3, -0.25) is 9.69 Å². The lowest BCUT2D eigenvalue weighted by molar-refractivity contribution is -0.119. The van der Waals surface area contributed by atoms with Crippen LogP contribution in [0.5, 0.6) is 0 Å². The van der Waals surface area contributed by atoms with Gasteiger partial charge in [-0.25, -0.2) is 0 Å². The molecule has 94 valence electrons. The van der Waals surface area contributed by atoms with E-state index in [-0.39, 0.29) is 5.91 Å². The van der Waals surface area contributed by atoms with Gasteiger partial charge in [-0.15, -0.1) is 0 Å². The summed E-state index contributed by atoms with van der Waals surface area (Å²) in [7, 11) is 1.70. The van der Waals surface area contributed by atoms with E-state index in [1.54, 1.807) is 7.11 Å². The fraction of sp³-hybridized carbons (Fsp3) is 0.909. The molecule has 0 aliphatic carbocycles. The van der Waals surface area contributed by atoms with Crippen molar-refractivity contribution in [3.05, 3.63) is 0 Å². The Labute approximate surface area is 97.3 Å². The van der Waals surface area contributed by atoms with Crippen LogP contribution in [0.4, 0.5) is 0 Å². The van der Waals surface area contributed by atoms with Crippen LogP contribution in [0, 0.1) is 0 Å². The van der Waals surface area contributed by atoms with Crippen molar-refractivity contribution in [3.8, 4) is 0 Å². The van der Waals surface area contributed by atoms with Gasteiger partial charge >= 0.3 is 0 Å². The maximum atomic E-state index is 11.0. The van der Waals surface area contributed by atoms with E-state index < -0.39 is 0 Å². The number of rotatable bonds is 7. The summed E-state index contributed by atoms with van der Waals surface area (Å²) in [4.78, 5) is 13.2. The molecule has 0 unspecified atom stereocenters. The number of amides is 1. The summed E-state index contributed by atoms with van der Waals surface area (Å²) >= 11 is 0. The maximum Gasteiger partial charge on any atom is 0.231 e. The molecule has 1 aliphatic rings. The molecule has 0 saturated carbocycles. The van der Waals surface area contributed by atoms with Gasteiger partial charge in [0.25, 0.3) is 0 Å². The minimum Gasteiger partial charge on any atom is -0.385 e. The Morgan fingerprint density at radius 3 is 2.75 bits per heavy atom. The second-order valence-corrected chi connectivity index (χ2v) is 4.26. The van der Waals surface area contributed by atoms with E-state index in [1.807, 2.05) is 0 Å². The first-order valence-corrected chi connectivity index (χ1v) is 5.96. The van der Waals surface area contributed by atoms with Crippen molar-refractivity contribution in [3.63, 3.8) is 0 Å². The first kappa shape index (κ1) is 13.4. The second kappa shape index (κ2) is 7.60. The van der Waals surface area contributed by atoms with Crippen LogP contribution in [0.3, 0.4) is 0 Å². The van der Waals surface area contributed by atoms with E-state index in [0.717, 1.165) is 45.5 Å². The molecule has 1 saturated heterocycles. The topological polar surface area (TPSA) is 67.6 Å². The number of hydrogen-bond donors (Lipinski definition) is 2. The molecule has 0 aromatic rings. The predicted molar refractivity (Wildman–Crippen MR) is 63.2 cm³/mol. The molecular weight excluding hydrogens is 206 g/mol. The Morgan fingerprint density at radius 1 is 1.50 bits per heavy atom. The lowest BCUT2D eigenvalue weighted by atomic mass is 10.0. The first-order valence-electron chi connectivity index (χ1n) is 5.96. The van der Waals surface area contributed by atoms with Crippen molar-refractivity contribution in [2.75, 3.05) is 39.9 Å². The van der Waals surface area contributed by atoms with E-state index in [2.05, 4.69) is 10.2 Å². The third-order valence-corrected chi connectivity index (χ3v) is 2.98. The molecule has 1 heterocycles. The molecule has 0 atom stereocenters. The minimum atomic E-state index is -0.240. The Balaban J connectivity index is 2.37. The number of primary amides is 1. The van der Waals surface area contributed by atoms with Gasteiger partial charge in [0.15, 0.2) is 0 Å². The molecule has 16 heavy (non-hydrogen) atoms. The Kier molecular flexibility index (Phi) is 6.37. The summed E-state index contributed by atoms with van der Waals surface area (Å²) < 4.78 is 5.03. The first-order chi connectivity index (χ1) is 7.74. The van der Waals surface area contributed by atoms with E-state index in [1.165, 1.54) is 0 Å².